The third-order valence-corrected chi connectivity index (χ3v) is 4.60. The Labute approximate surface area is 173 Å². The second kappa shape index (κ2) is 9.66. The predicted molar refractivity (Wildman–Crippen MR) is 112 cm³/mol. The van der Waals surface area contributed by atoms with Gasteiger partial charge < -0.3 is 10.6 Å². The molecule has 3 aromatic rings. The van der Waals surface area contributed by atoms with Gasteiger partial charge in [0.05, 0.1) is 16.1 Å². The highest BCUT2D eigenvalue weighted by Gasteiger charge is 2.17. The van der Waals surface area contributed by atoms with Gasteiger partial charge in [-0.2, -0.15) is 0 Å². The van der Waals surface area contributed by atoms with Gasteiger partial charge in [0.25, 0.3) is 11.8 Å². The van der Waals surface area contributed by atoms with E-state index in [2.05, 4.69) is 10.6 Å². The molecule has 0 radical (unpaired) electrons. The molecule has 146 valence electrons. The van der Waals surface area contributed by atoms with Crippen LogP contribution in [-0.4, -0.2) is 30.7 Å². The first-order valence-corrected chi connectivity index (χ1v) is 9.45. The summed E-state index contributed by atoms with van der Waals surface area (Å²) in [6.45, 7) is 0.438. The first-order chi connectivity index (χ1) is 14.1. The first kappa shape index (κ1) is 20.3. The molecule has 2 N–H and O–H groups in total. The number of rotatable bonds is 7. The molecule has 5 nitrogen and oxygen atoms in total. The van der Waals surface area contributed by atoms with Crippen molar-refractivity contribution in [3.63, 3.8) is 0 Å². The number of hydrogen-bond donors (Lipinski definition) is 2. The molecule has 3 aromatic carbocycles. The fraction of sp³-hybridized carbons (Fsp3) is 0.0870. The predicted octanol–water partition coefficient (Wildman–Crippen LogP) is 3.73. The van der Waals surface area contributed by atoms with Crippen molar-refractivity contribution in [2.45, 2.75) is 0 Å². The van der Waals surface area contributed by atoms with Crippen LogP contribution in [0.2, 0.25) is 5.02 Å². The average molecular weight is 407 g/mol. The Hall–Kier alpha value is -3.44. The molecular weight excluding hydrogens is 388 g/mol. The number of nitrogens with one attached hydrogen (secondary N) is 2. The van der Waals surface area contributed by atoms with E-state index in [1.807, 2.05) is 6.07 Å². The van der Waals surface area contributed by atoms with E-state index < -0.39 is 0 Å². The highest BCUT2D eigenvalue weighted by Crippen LogP contribution is 2.15. The molecule has 0 fully saturated rings. The Bertz CT molecular complexity index is 1040. The molecule has 29 heavy (non-hydrogen) atoms. The van der Waals surface area contributed by atoms with Crippen LogP contribution in [-0.2, 0) is 0 Å². The average Bonchev–Trinajstić information content (AvgIpc) is 2.77. The Balaban J connectivity index is 1.60. The molecule has 0 saturated heterocycles. The fourth-order valence-electron chi connectivity index (χ4n) is 2.81. The van der Waals surface area contributed by atoms with Crippen molar-refractivity contribution in [2.75, 3.05) is 13.1 Å². The third-order valence-electron chi connectivity index (χ3n) is 4.27. The van der Waals surface area contributed by atoms with E-state index in [1.165, 1.54) is 0 Å². The van der Waals surface area contributed by atoms with Crippen LogP contribution in [0.4, 0.5) is 0 Å². The van der Waals surface area contributed by atoms with Crippen molar-refractivity contribution in [2.24, 2.45) is 0 Å². The van der Waals surface area contributed by atoms with Crippen molar-refractivity contribution in [1.29, 1.82) is 0 Å². The number of ketones is 1. The van der Waals surface area contributed by atoms with Crippen molar-refractivity contribution < 1.29 is 14.4 Å². The largest absolute Gasteiger partial charge is 0.350 e. The summed E-state index contributed by atoms with van der Waals surface area (Å²) in [6, 6.07) is 22.2. The standard InChI is InChI=1S/C23H19ClN2O3/c24-20-13-7-6-12-19(20)23(29)26-15-14-25-22(28)18-11-5-4-10-17(18)21(27)16-8-2-1-3-9-16/h1-13H,14-15H2,(H,25,28)(H,26,29). The number of halogens is 1. The summed E-state index contributed by atoms with van der Waals surface area (Å²) in [4.78, 5) is 37.4. The maximum absolute atomic E-state index is 12.7. The quantitative estimate of drug-likeness (QED) is 0.463. The van der Waals surface area contributed by atoms with Gasteiger partial charge in [-0.1, -0.05) is 72.3 Å². The maximum Gasteiger partial charge on any atom is 0.252 e. The molecule has 0 aliphatic rings. The van der Waals surface area contributed by atoms with E-state index in [-0.39, 0.29) is 30.7 Å². The number of hydrogen-bond acceptors (Lipinski definition) is 3. The van der Waals surface area contributed by atoms with Crippen LogP contribution < -0.4 is 10.6 Å². The number of benzene rings is 3. The van der Waals surface area contributed by atoms with E-state index in [0.717, 1.165) is 0 Å². The van der Waals surface area contributed by atoms with Gasteiger partial charge >= 0.3 is 0 Å². The van der Waals surface area contributed by atoms with Gasteiger partial charge in [-0.05, 0) is 18.2 Å². The summed E-state index contributed by atoms with van der Waals surface area (Å²) in [5, 5.41) is 5.80. The molecule has 0 aliphatic carbocycles. The molecule has 0 saturated carbocycles. The summed E-state index contributed by atoms with van der Waals surface area (Å²) in [6.07, 6.45) is 0. The molecule has 0 atom stereocenters. The van der Waals surface area contributed by atoms with Crippen LogP contribution >= 0.6 is 11.6 Å². The van der Waals surface area contributed by atoms with E-state index >= 15 is 0 Å². The molecule has 2 amide bonds. The zero-order chi connectivity index (χ0) is 20.6. The molecule has 0 spiro atoms. The van der Waals surface area contributed by atoms with Crippen molar-refractivity contribution in [1.82, 2.24) is 10.6 Å². The van der Waals surface area contributed by atoms with Crippen LogP contribution in [0, 0.1) is 0 Å². The second-order valence-electron chi connectivity index (χ2n) is 6.23. The maximum atomic E-state index is 12.7. The minimum atomic E-state index is -0.378. The minimum Gasteiger partial charge on any atom is -0.350 e. The van der Waals surface area contributed by atoms with Crippen LogP contribution in [0.25, 0.3) is 0 Å². The summed E-state index contributed by atoms with van der Waals surface area (Å²) in [5.41, 5.74) is 1.51. The van der Waals surface area contributed by atoms with Crippen LogP contribution in [0.5, 0.6) is 0 Å². The lowest BCUT2D eigenvalue weighted by Crippen LogP contribution is -2.35. The lowest BCUT2D eigenvalue weighted by Gasteiger charge is -2.11. The number of carbonyl (C=O) groups excluding carboxylic acids is 3. The first-order valence-electron chi connectivity index (χ1n) is 9.07. The van der Waals surface area contributed by atoms with Gasteiger partial charge in [-0.15, -0.1) is 0 Å². The molecule has 0 heterocycles. The van der Waals surface area contributed by atoms with Crippen molar-refractivity contribution >= 4 is 29.2 Å². The van der Waals surface area contributed by atoms with E-state index in [9.17, 15) is 14.4 Å². The molecule has 0 unspecified atom stereocenters. The molecule has 6 heteroatoms. The highest BCUT2D eigenvalue weighted by molar-refractivity contribution is 6.33. The zero-order valence-electron chi connectivity index (χ0n) is 15.5. The fourth-order valence-corrected chi connectivity index (χ4v) is 3.03. The second-order valence-corrected chi connectivity index (χ2v) is 6.64. The Morgan fingerprint density at radius 3 is 1.72 bits per heavy atom. The summed E-state index contributed by atoms with van der Waals surface area (Å²) < 4.78 is 0. The summed E-state index contributed by atoms with van der Waals surface area (Å²) in [5.74, 6) is -0.912. The van der Waals surface area contributed by atoms with E-state index in [4.69, 9.17) is 11.6 Å². The lowest BCUT2D eigenvalue weighted by molar-refractivity contribution is 0.0924. The van der Waals surface area contributed by atoms with Gasteiger partial charge in [0.1, 0.15) is 0 Å². The third kappa shape index (κ3) is 5.09. The van der Waals surface area contributed by atoms with Crippen LogP contribution in [0.1, 0.15) is 36.6 Å². The van der Waals surface area contributed by atoms with Crippen molar-refractivity contribution in [3.8, 4) is 0 Å². The van der Waals surface area contributed by atoms with Gasteiger partial charge in [0, 0.05) is 24.2 Å². The molecular formula is C23H19ClN2O3. The van der Waals surface area contributed by atoms with E-state index in [1.54, 1.807) is 72.8 Å². The van der Waals surface area contributed by atoms with Gasteiger partial charge in [-0.25, -0.2) is 0 Å². The number of amides is 2. The Kier molecular flexibility index (Phi) is 6.76. The lowest BCUT2D eigenvalue weighted by atomic mass is 9.98. The topological polar surface area (TPSA) is 75.3 Å². The Morgan fingerprint density at radius 2 is 1.10 bits per heavy atom. The molecule has 0 aromatic heterocycles. The minimum absolute atomic E-state index is 0.211. The summed E-state index contributed by atoms with van der Waals surface area (Å²) >= 11 is 6.00. The zero-order valence-corrected chi connectivity index (χ0v) is 16.3. The summed E-state index contributed by atoms with van der Waals surface area (Å²) in [7, 11) is 0. The van der Waals surface area contributed by atoms with Gasteiger partial charge in [0.2, 0.25) is 0 Å². The van der Waals surface area contributed by atoms with Crippen LogP contribution in [0.15, 0.2) is 78.9 Å². The highest BCUT2D eigenvalue weighted by atomic mass is 35.5. The van der Waals surface area contributed by atoms with Crippen LogP contribution in [0.3, 0.4) is 0 Å². The smallest absolute Gasteiger partial charge is 0.252 e. The van der Waals surface area contributed by atoms with Gasteiger partial charge in [0.15, 0.2) is 5.78 Å². The Morgan fingerprint density at radius 1 is 0.621 bits per heavy atom. The molecule has 3 rings (SSSR count). The van der Waals surface area contributed by atoms with E-state index in [0.29, 0.717) is 27.3 Å². The van der Waals surface area contributed by atoms with Gasteiger partial charge in [-0.3, -0.25) is 14.4 Å². The monoisotopic (exact) mass is 406 g/mol. The SMILES string of the molecule is O=C(NCCNC(=O)c1ccccc1C(=O)c1ccccc1)c1ccccc1Cl. The normalized spacial score (nSPS) is 10.2. The molecule has 0 aliphatic heterocycles. The van der Waals surface area contributed by atoms with Crippen molar-refractivity contribution in [3.05, 3.63) is 106 Å². The molecule has 0 bridgehead atoms. The number of carbonyl (C=O) groups is 3.